The predicted octanol–water partition coefficient (Wildman–Crippen LogP) is 13.2. The molecule has 0 N–H and O–H groups in total. The van der Waals surface area contributed by atoms with Gasteiger partial charge in [0, 0.05) is 22.3 Å². The van der Waals surface area contributed by atoms with Gasteiger partial charge in [-0.2, -0.15) is 0 Å². The summed E-state index contributed by atoms with van der Waals surface area (Å²) in [6.07, 6.45) is 0.721. The van der Waals surface area contributed by atoms with Gasteiger partial charge in [0.25, 0.3) is 0 Å². The molecule has 0 bridgehead atoms. The average Bonchev–Trinajstić information content (AvgIpc) is 3.29. The first-order chi connectivity index (χ1) is 28.2. The molecule has 2 heterocycles. The Morgan fingerprint density at radius 1 is 0.228 bits per heavy atom. The van der Waals surface area contributed by atoms with Gasteiger partial charge in [0.2, 0.25) is 0 Å². The molecule has 0 amide bonds. The van der Waals surface area contributed by atoms with Crippen molar-refractivity contribution >= 4 is 22.1 Å². The predicted molar refractivity (Wildman–Crippen MR) is 234 cm³/mol. The van der Waals surface area contributed by atoms with Crippen LogP contribution in [0.25, 0.3) is 89.4 Å². The van der Waals surface area contributed by atoms with E-state index in [4.69, 9.17) is 19.9 Å². The molecule has 0 unspecified atom stereocenters. The molecule has 4 heteroatoms. The van der Waals surface area contributed by atoms with Crippen LogP contribution in [0.15, 0.2) is 206 Å². The van der Waals surface area contributed by atoms with Crippen molar-refractivity contribution in [3.05, 3.63) is 217 Å². The SMILES string of the molecule is c1ccc(-c2ccc(-c3nc4cc(Cc5ccc6nc(-c7ccccc7)c(-c7ccc(-c8ccccc8)cc7)nc6c5)ccc4nc3-c3ccccc3)cc2)cc1. The first-order valence-electron chi connectivity index (χ1n) is 19.3. The second-order valence-electron chi connectivity index (χ2n) is 14.3. The zero-order valence-electron chi connectivity index (χ0n) is 31.1. The van der Waals surface area contributed by atoms with Crippen molar-refractivity contribution in [3.8, 4) is 67.3 Å². The maximum absolute atomic E-state index is 5.30. The minimum absolute atomic E-state index is 0.721. The van der Waals surface area contributed by atoms with E-state index >= 15 is 0 Å². The molecule has 0 saturated carbocycles. The maximum atomic E-state index is 5.30. The minimum atomic E-state index is 0.721. The third-order valence-corrected chi connectivity index (χ3v) is 10.5. The molecule has 0 atom stereocenters. The van der Waals surface area contributed by atoms with Crippen LogP contribution < -0.4 is 0 Å². The van der Waals surface area contributed by atoms with Crippen molar-refractivity contribution in [3.63, 3.8) is 0 Å². The molecular formula is C53H36N4. The lowest BCUT2D eigenvalue weighted by molar-refractivity contribution is 1.18. The molecule has 0 fully saturated rings. The summed E-state index contributed by atoms with van der Waals surface area (Å²) in [4.78, 5) is 21.0. The summed E-state index contributed by atoms with van der Waals surface area (Å²) >= 11 is 0. The smallest absolute Gasteiger partial charge is 0.0973 e. The van der Waals surface area contributed by atoms with Crippen LogP contribution in [-0.4, -0.2) is 19.9 Å². The molecule has 4 nitrogen and oxygen atoms in total. The van der Waals surface area contributed by atoms with Crippen molar-refractivity contribution in [1.29, 1.82) is 0 Å². The molecular weight excluding hydrogens is 693 g/mol. The largest absolute Gasteiger partial charge is 0.244 e. The lowest BCUT2D eigenvalue weighted by Crippen LogP contribution is -1.98. The van der Waals surface area contributed by atoms with E-state index < -0.39 is 0 Å². The number of hydrogen-bond donors (Lipinski definition) is 0. The molecule has 10 aromatic rings. The highest BCUT2D eigenvalue weighted by atomic mass is 14.8. The topological polar surface area (TPSA) is 51.6 Å². The van der Waals surface area contributed by atoms with Crippen molar-refractivity contribution in [1.82, 2.24) is 19.9 Å². The Balaban J connectivity index is 1.01. The van der Waals surface area contributed by atoms with Gasteiger partial charge in [-0.3, -0.25) is 0 Å². The van der Waals surface area contributed by atoms with E-state index in [1.54, 1.807) is 0 Å². The van der Waals surface area contributed by atoms with Crippen LogP contribution in [0.5, 0.6) is 0 Å². The first-order valence-corrected chi connectivity index (χ1v) is 19.3. The Labute approximate surface area is 331 Å². The molecule has 0 spiro atoms. The van der Waals surface area contributed by atoms with Crippen molar-refractivity contribution in [2.45, 2.75) is 6.42 Å². The zero-order chi connectivity index (χ0) is 38.0. The molecule has 0 aliphatic carbocycles. The number of nitrogens with zero attached hydrogens (tertiary/aromatic N) is 4. The highest BCUT2D eigenvalue weighted by Crippen LogP contribution is 2.35. The second kappa shape index (κ2) is 14.9. The van der Waals surface area contributed by atoms with Gasteiger partial charge in [0.1, 0.15) is 0 Å². The van der Waals surface area contributed by atoms with E-state index in [9.17, 15) is 0 Å². The third kappa shape index (κ3) is 6.97. The fourth-order valence-electron chi connectivity index (χ4n) is 7.55. The fourth-order valence-corrected chi connectivity index (χ4v) is 7.55. The Kier molecular flexibility index (Phi) is 8.90. The van der Waals surface area contributed by atoms with E-state index in [0.717, 1.165) is 84.6 Å². The van der Waals surface area contributed by atoms with Gasteiger partial charge in [0.15, 0.2) is 0 Å². The third-order valence-electron chi connectivity index (χ3n) is 10.5. The molecule has 2 aromatic heterocycles. The highest BCUT2D eigenvalue weighted by Gasteiger charge is 2.16. The Morgan fingerprint density at radius 3 is 0.842 bits per heavy atom. The fraction of sp³-hybridized carbons (Fsp3) is 0.0189. The van der Waals surface area contributed by atoms with Crippen molar-refractivity contribution in [2.24, 2.45) is 0 Å². The minimum Gasteiger partial charge on any atom is -0.244 e. The van der Waals surface area contributed by atoms with Crippen LogP contribution in [0.2, 0.25) is 0 Å². The molecule has 268 valence electrons. The molecule has 8 aromatic carbocycles. The summed E-state index contributed by atoms with van der Waals surface area (Å²) < 4.78 is 0. The Morgan fingerprint density at radius 2 is 0.491 bits per heavy atom. The van der Waals surface area contributed by atoms with Gasteiger partial charge in [0.05, 0.1) is 44.8 Å². The van der Waals surface area contributed by atoms with Gasteiger partial charge in [-0.15, -0.1) is 0 Å². The van der Waals surface area contributed by atoms with Crippen molar-refractivity contribution < 1.29 is 0 Å². The van der Waals surface area contributed by atoms with E-state index in [0.29, 0.717) is 0 Å². The van der Waals surface area contributed by atoms with Gasteiger partial charge in [-0.05, 0) is 64.1 Å². The van der Waals surface area contributed by atoms with Crippen LogP contribution in [-0.2, 0) is 6.42 Å². The molecule has 0 aliphatic heterocycles. The van der Waals surface area contributed by atoms with E-state index in [1.165, 1.54) is 22.3 Å². The standard InChI is InChI=1S/C53H36N4/c1-5-13-38(14-6-1)40-23-27-44(28-24-40)52-50(42-17-9-3-10-18-42)54-46-31-21-36(34-48(46)56-52)33-37-22-32-47-49(35-37)57-53(51(55-47)43-19-11-4-12-20-43)45-29-25-41(26-30-45)39-15-7-2-8-16-39/h1-32,34-35H,33H2. The average molecular weight is 729 g/mol. The zero-order valence-corrected chi connectivity index (χ0v) is 31.1. The molecule has 10 rings (SSSR count). The van der Waals surface area contributed by atoms with Gasteiger partial charge in [-0.25, -0.2) is 19.9 Å². The van der Waals surface area contributed by atoms with Crippen LogP contribution in [0, 0.1) is 0 Å². The maximum Gasteiger partial charge on any atom is 0.0973 e. The summed E-state index contributed by atoms with van der Waals surface area (Å²) in [5.74, 6) is 0. The monoisotopic (exact) mass is 728 g/mol. The lowest BCUT2D eigenvalue weighted by Gasteiger charge is -2.13. The van der Waals surface area contributed by atoms with E-state index in [2.05, 4.69) is 158 Å². The summed E-state index contributed by atoms with van der Waals surface area (Å²) in [7, 11) is 0. The summed E-state index contributed by atoms with van der Waals surface area (Å²) in [6.45, 7) is 0. The van der Waals surface area contributed by atoms with E-state index in [-0.39, 0.29) is 0 Å². The normalized spacial score (nSPS) is 11.2. The van der Waals surface area contributed by atoms with Crippen molar-refractivity contribution in [2.75, 3.05) is 0 Å². The van der Waals surface area contributed by atoms with Gasteiger partial charge < -0.3 is 0 Å². The van der Waals surface area contributed by atoms with Crippen LogP contribution >= 0.6 is 0 Å². The first kappa shape index (κ1) is 34.0. The molecule has 57 heavy (non-hydrogen) atoms. The number of rotatable bonds is 8. The number of aromatic nitrogens is 4. The van der Waals surface area contributed by atoms with E-state index in [1.807, 2.05) is 48.5 Å². The molecule has 0 radical (unpaired) electrons. The molecule has 0 aliphatic rings. The number of fused-ring (bicyclic) bond motifs is 2. The molecule has 0 saturated heterocycles. The summed E-state index contributed by atoms with van der Waals surface area (Å²) in [5.41, 5.74) is 18.1. The highest BCUT2D eigenvalue weighted by molar-refractivity contribution is 5.89. The second-order valence-corrected chi connectivity index (χ2v) is 14.3. The van der Waals surface area contributed by atoms with Crippen LogP contribution in [0.4, 0.5) is 0 Å². The summed E-state index contributed by atoms with van der Waals surface area (Å²) in [5, 5.41) is 0. The van der Waals surface area contributed by atoms with Crippen LogP contribution in [0.3, 0.4) is 0 Å². The van der Waals surface area contributed by atoms with Crippen LogP contribution in [0.1, 0.15) is 11.1 Å². The number of hydrogen-bond acceptors (Lipinski definition) is 4. The summed E-state index contributed by atoms with van der Waals surface area (Å²) in [6, 6.07) is 71.7. The Hall–Kier alpha value is -7.56. The number of benzene rings is 8. The lowest BCUT2D eigenvalue weighted by atomic mass is 9.99. The van der Waals surface area contributed by atoms with Gasteiger partial charge in [-0.1, -0.05) is 182 Å². The van der Waals surface area contributed by atoms with Gasteiger partial charge >= 0.3 is 0 Å². The Bertz CT molecular complexity index is 2780. The quantitative estimate of drug-likeness (QED) is 0.156.